The van der Waals surface area contributed by atoms with Crippen LogP contribution in [0.5, 0.6) is 0 Å². The number of nitro benzene ring substituents is 2. The third-order valence-electron chi connectivity index (χ3n) is 4.58. The molecule has 1 heterocycles. The van der Waals surface area contributed by atoms with Gasteiger partial charge >= 0.3 is 0 Å². The van der Waals surface area contributed by atoms with Gasteiger partial charge in [0.1, 0.15) is 0 Å². The summed E-state index contributed by atoms with van der Waals surface area (Å²) in [5.74, 6) is 0. The zero-order valence-electron chi connectivity index (χ0n) is 13.0. The second-order valence-corrected chi connectivity index (χ2v) is 8.57. The Hall–Kier alpha value is -2.57. The van der Waals surface area contributed by atoms with Gasteiger partial charge in [0.25, 0.3) is 11.4 Å². The molecule has 1 fully saturated rings. The van der Waals surface area contributed by atoms with Crippen LogP contribution in [-0.2, 0) is 4.57 Å². The maximum Gasteiger partial charge on any atom is 0.269 e. The van der Waals surface area contributed by atoms with Gasteiger partial charge in [0.15, 0.2) is 0 Å². The van der Waals surface area contributed by atoms with Gasteiger partial charge < -0.3 is 4.89 Å². The third kappa shape index (κ3) is 3.18. The monoisotopic (exact) mass is 362 g/mol. The molecule has 8 nitrogen and oxygen atoms in total. The summed E-state index contributed by atoms with van der Waals surface area (Å²) in [6, 6.07) is 11.4. The Bertz CT molecular complexity index is 796. The lowest BCUT2D eigenvalue weighted by Gasteiger charge is -2.20. The van der Waals surface area contributed by atoms with Crippen LogP contribution in [0.15, 0.2) is 48.5 Å². The van der Waals surface area contributed by atoms with Crippen molar-refractivity contribution in [2.75, 3.05) is 0 Å². The number of non-ortho nitro benzene ring substituents is 2. The highest BCUT2D eigenvalue weighted by atomic mass is 31.2. The molecule has 0 spiro atoms. The number of benzene rings is 2. The Morgan fingerprint density at radius 2 is 1.12 bits per heavy atom. The first-order chi connectivity index (χ1) is 11.8. The Balaban J connectivity index is 1.87. The lowest BCUT2D eigenvalue weighted by Crippen LogP contribution is -1.99. The van der Waals surface area contributed by atoms with Crippen LogP contribution in [0.4, 0.5) is 11.4 Å². The van der Waals surface area contributed by atoms with Gasteiger partial charge in [-0.2, -0.15) is 0 Å². The fraction of sp³-hybridized carbons (Fsp3) is 0.250. The van der Waals surface area contributed by atoms with Crippen molar-refractivity contribution in [2.45, 2.75) is 24.2 Å². The molecule has 2 aromatic rings. The molecule has 3 rings (SSSR count). The summed E-state index contributed by atoms with van der Waals surface area (Å²) in [7, 11) is -3.62. The quantitative estimate of drug-likeness (QED) is 0.490. The zero-order chi connectivity index (χ0) is 18.2. The van der Waals surface area contributed by atoms with Crippen molar-refractivity contribution in [1.82, 2.24) is 0 Å². The lowest BCUT2D eigenvalue weighted by molar-refractivity contribution is -0.385. The predicted molar refractivity (Wildman–Crippen MR) is 90.7 cm³/mol. The molecule has 130 valence electrons. The molecule has 1 N–H and O–H groups in total. The van der Waals surface area contributed by atoms with Crippen LogP contribution in [0.3, 0.4) is 0 Å². The average molecular weight is 362 g/mol. The number of hydrogen-bond acceptors (Lipinski definition) is 5. The van der Waals surface area contributed by atoms with Crippen LogP contribution in [0.2, 0.25) is 0 Å². The molecule has 0 aromatic heterocycles. The van der Waals surface area contributed by atoms with Gasteiger partial charge in [-0.3, -0.25) is 24.8 Å². The van der Waals surface area contributed by atoms with E-state index in [9.17, 15) is 29.7 Å². The number of rotatable bonds is 4. The first-order valence-corrected chi connectivity index (χ1v) is 9.41. The molecule has 0 radical (unpaired) electrons. The van der Waals surface area contributed by atoms with Crippen molar-refractivity contribution in [2.24, 2.45) is 0 Å². The minimum absolute atomic E-state index is 0.0681. The first-order valence-electron chi connectivity index (χ1n) is 7.61. The van der Waals surface area contributed by atoms with Crippen LogP contribution < -0.4 is 0 Å². The van der Waals surface area contributed by atoms with E-state index in [1.165, 1.54) is 48.5 Å². The van der Waals surface area contributed by atoms with Crippen LogP contribution in [0.1, 0.15) is 35.3 Å². The van der Waals surface area contributed by atoms with Crippen molar-refractivity contribution in [3.05, 3.63) is 79.9 Å². The van der Waals surface area contributed by atoms with Gasteiger partial charge in [0.2, 0.25) is 7.37 Å². The van der Waals surface area contributed by atoms with E-state index in [-0.39, 0.29) is 11.4 Å². The van der Waals surface area contributed by atoms with Crippen LogP contribution >= 0.6 is 7.37 Å². The molecule has 0 aliphatic carbocycles. The smallest absolute Gasteiger partial charge is 0.269 e. The third-order valence-corrected chi connectivity index (χ3v) is 7.48. The summed E-state index contributed by atoms with van der Waals surface area (Å²) in [5.41, 5.74) is -0.119. The van der Waals surface area contributed by atoms with Crippen molar-refractivity contribution in [3.8, 4) is 0 Å². The highest BCUT2D eigenvalue weighted by molar-refractivity contribution is 7.59. The van der Waals surface area contributed by atoms with Gasteiger partial charge in [-0.25, -0.2) is 0 Å². The Kier molecular flexibility index (Phi) is 4.41. The van der Waals surface area contributed by atoms with E-state index < -0.39 is 28.5 Å². The van der Waals surface area contributed by atoms with E-state index in [0.29, 0.717) is 24.0 Å². The largest absolute Gasteiger partial charge is 0.343 e. The number of nitro groups is 2. The SMILES string of the molecule is O=[N+]([O-])c1ccc([C@@H]2CC[C@@H](c3ccc([N+](=O)[O-])cc3)P2(=O)O)cc1. The minimum Gasteiger partial charge on any atom is -0.343 e. The summed E-state index contributed by atoms with van der Waals surface area (Å²) in [6.45, 7) is 0. The van der Waals surface area contributed by atoms with Crippen molar-refractivity contribution in [1.29, 1.82) is 0 Å². The van der Waals surface area contributed by atoms with Gasteiger partial charge in [0, 0.05) is 24.3 Å². The van der Waals surface area contributed by atoms with E-state index in [0.717, 1.165) is 0 Å². The molecule has 25 heavy (non-hydrogen) atoms. The minimum atomic E-state index is -3.62. The van der Waals surface area contributed by atoms with Crippen LogP contribution in [0, 0.1) is 20.2 Å². The maximum absolute atomic E-state index is 13.0. The standard InChI is InChI=1S/C16H15N2O6P/c19-17(20)13-5-1-11(2-6-13)15-9-10-16(25(15,23)24)12-3-7-14(8-4-12)18(21)22/h1-8,15-16H,9-10H2,(H,23,24)/t15-,16-/m0/s1. The summed E-state index contributed by atoms with van der Waals surface area (Å²) in [6.07, 6.45) is 0.959. The summed E-state index contributed by atoms with van der Waals surface area (Å²) >= 11 is 0. The normalized spacial score (nSPS) is 21.8. The van der Waals surface area contributed by atoms with Crippen LogP contribution in [0.25, 0.3) is 0 Å². The molecule has 0 unspecified atom stereocenters. The molecule has 9 heteroatoms. The van der Waals surface area contributed by atoms with Crippen molar-refractivity contribution in [3.63, 3.8) is 0 Å². The molecule has 0 amide bonds. The van der Waals surface area contributed by atoms with Crippen molar-refractivity contribution < 1.29 is 19.3 Å². The van der Waals surface area contributed by atoms with Gasteiger partial charge in [-0.1, -0.05) is 24.3 Å². The first kappa shape index (κ1) is 17.3. The van der Waals surface area contributed by atoms with E-state index in [1.54, 1.807) is 0 Å². The molecule has 2 atom stereocenters. The number of hydrogen-bond donors (Lipinski definition) is 1. The second-order valence-electron chi connectivity index (χ2n) is 5.98. The second kappa shape index (κ2) is 6.38. The van der Waals surface area contributed by atoms with E-state index in [4.69, 9.17) is 0 Å². The molecular weight excluding hydrogens is 347 g/mol. The fourth-order valence-corrected chi connectivity index (χ4v) is 5.97. The molecule has 1 aliphatic rings. The van der Waals surface area contributed by atoms with Gasteiger partial charge in [-0.05, 0) is 24.0 Å². The Morgan fingerprint density at radius 1 is 0.800 bits per heavy atom. The maximum atomic E-state index is 13.0. The molecule has 2 aromatic carbocycles. The summed E-state index contributed by atoms with van der Waals surface area (Å²) in [5, 5.41) is 21.5. The highest BCUT2D eigenvalue weighted by Crippen LogP contribution is 2.73. The molecular formula is C16H15N2O6P. The summed E-state index contributed by atoms with van der Waals surface area (Å²) in [4.78, 5) is 31.1. The predicted octanol–water partition coefficient (Wildman–Crippen LogP) is 4.35. The van der Waals surface area contributed by atoms with Crippen molar-refractivity contribution >= 4 is 18.7 Å². The lowest BCUT2D eigenvalue weighted by atomic mass is 10.0. The van der Waals surface area contributed by atoms with E-state index >= 15 is 0 Å². The highest BCUT2D eigenvalue weighted by Gasteiger charge is 2.46. The average Bonchev–Trinajstić information content (AvgIpc) is 2.90. The summed E-state index contributed by atoms with van der Waals surface area (Å²) < 4.78 is 13.0. The van der Waals surface area contributed by atoms with Crippen LogP contribution in [-0.4, -0.2) is 14.7 Å². The zero-order valence-corrected chi connectivity index (χ0v) is 13.9. The Morgan fingerprint density at radius 3 is 1.40 bits per heavy atom. The topological polar surface area (TPSA) is 124 Å². The molecule has 0 bridgehead atoms. The fourth-order valence-electron chi connectivity index (χ4n) is 3.30. The Labute approximate surface area is 142 Å². The molecule has 0 saturated carbocycles. The van der Waals surface area contributed by atoms with E-state index in [2.05, 4.69) is 0 Å². The van der Waals surface area contributed by atoms with Gasteiger partial charge in [-0.15, -0.1) is 0 Å². The van der Waals surface area contributed by atoms with E-state index in [1.807, 2.05) is 0 Å². The van der Waals surface area contributed by atoms with Gasteiger partial charge in [0.05, 0.1) is 21.2 Å². The molecule has 1 saturated heterocycles. The number of nitrogens with zero attached hydrogens (tertiary/aromatic N) is 2. The molecule has 1 aliphatic heterocycles.